The third-order valence-corrected chi connectivity index (χ3v) is 11.6. The third kappa shape index (κ3) is 3.02. The number of aliphatic hydroxyl groups is 2. The number of carbonyl (C=O) groups excluding carboxylic acids is 1. The fourth-order valence-corrected chi connectivity index (χ4v) is 9.56. The van der Waals surface area contributed by atoms with Crippen LogP contribution in [0.4, 0.5) is 0 Å². The molecular weight excluding hydrogens is 396 g/mol. The molecule has 0 aromatic rings. The Morgan fingerprint density at radius 2 is 1.75 bits per heavy atom. The lowest BCUT2D eigenvalue weighted by molar-refractivity contribution is -0.158. The predicted octanol–water partition coefficient (Wildman–Crippen LogP) is 5.42. The first kappa shape index (κ1) is 22.8. The molecule has 0 spiro atoms. The van der Waals surface area contributed by atoms with Gasteiger partial charge in [0.1, 0.15) is 0 Å². The highest BCUT2D eigenvalue weighted by atomic mass is 16.3. The second-order valence-corrected chi connectivity index (χ2v) is 13.1. The number of allylic oxidation sites excluding steroid dienone is 3. The van der Waals surface area contributed by atoms with Crippen LogP contribution in [-0.2, 0) is 4.79 Å². The van der Waals surface area contributed by atoms with E-state index in [-0.39, 0.29) is 23.0 Å². The number of hydrogen-bond acceptors (Lipinski definition) is 3. The van der Waals surface area contributed by atoms with Crippen molar-refractivity contribution in [1.29, 1.82) is 0 Å². The van der Waals surface area contributed by atoms with Crippen LogP contribution in [0.25, 0.3) is 0 Å². The van der Waals surface area contributed by atoms with E-state index in [9.17, 15) is 15.0 Å². The van der Waals surface area contributed by atoms with Gasteiger partial charge in [-0.2, -0.15) is 0 Å². The zero-order valence-electron chi connectivity index (χ0n) is 20.9. The average molecular weight is 441 g/mol. The van der Waals surface area contributed by atoms with Crippen molar-refractivity contribution in [3.8, 4) is 0 Å². The molecule has 0 heterocycles. The van der Waals surface area contributed by atoms with Crippen LogP contribution in [0, 0.1) is 64.1 Å². The Labute approximate surface area is 194 Å². The molecule has 4 saturated carbocycles. The van der Waals surface area contributed by atoms with Crippen molar-refractivity contribution in [3.63, 3.8) is 0 Å². The minimum Gasteiger partial charge on any atom is -0.393 e. The zero-order chi connectivity index (χ0) is 23.2. The molecule has 5 rings (SSSR count). The number of aliphatic hydroxyl groups excluding tert-OH is 2. The lowest BCUT2D eigenvalue weighted by Crippen LogP contribution is -2.61. The quantitative estimate of drug-likeness (QED) is 0.614. The van der Waals surface area contributed by atoms with Crippen LogP contribution in [-0.4, -0.2) is 28.2 Å². The van der Waals surface area contributed by atoms with Crippen LogP contribution in [0.5, 0.6) is 0 Å². The standard InChI is InChI=1S/C29H44O3/c1-15(2)16(3)18-12-19(18)17(4)21-10-11-22-20-13-24(30)23-8-7-9-26(32)29(23,6)27(20)25(31)14-28(21,22)5/h7-9,15-22,24-25,27,30-31H,10-14H2,1-6H3. The molecule has 3 nitrogen and oxygen atoms in total. The lowest BCUT2D eigenvalue weighted by atomic mass is 9.45. The van der Waals surface area contributed by atoms with Crippen molar-refractivity contribution in [2.45, 2.75) is 85.9 Å². The van der Waals surface area contributed by atoms with E-state index in [0.717, 1.165) is 35.7 Å². The van der Waals surface area contributed by atoms with Gasteiger partial charge in [-0.05, 0) is 103 Å². The van der Waals surface area contributed by atoms with Gasteiger partial charge >= 0.3 is 0 Å². The monoisotopic (exact) mass is 440 g/mol. The van der Waals surface area contributed by atoms with E-state index in [0.29, 0.717) is 24.2 Å². The second-order valence-electron chi connectivity index (χ2n) is 13.1. The highest BCUT2D eigenvalue weighted by molar-refractivity contribution is 5.99. The van der Waals surface area contributed by atoms with Gasteiger partial charge in [0.2, 0.25) is 0 Å². The van der Waals surface area contributed by atoms with Gasteiger partial charge in [-0.3, -0.25) is 4.79 Å². The lowest BCUT2D eigenvalue weighted by Gasteiger charge is -2.60. The number of hydrogen-bond donors (Lipinski definition) is 2. The van der Waals surface area contributed by atoms with E-state index in [1.54, 1.807) is 12.2 Å². The third-order valence-electron chi connectivity index (χ3n) is 11.6. The first-order valence-electron chi connectivity index (χ1n) is 13.3. The van der Waals surface area contributed by atoms with Gasteiger partial charge in [0.05, 0.1) is 17.6 Å². The average Bonchev–Trinajstić information content (AvgIpc) is 3.44. The van der Waals surface area contributed by atoms with Gasteiger partial charge in [0.25, 0.3) is 0 Å². The first-order chi connectivity index (χ1) is 15.0. The van der Waals surface area contributed by atoms with Crippen LogP contribution in [0.2, 0.25) is 0 Å². The summed E-state index contributed by atoms with van der Waals surface area (Å²) < 4.78 is 0. The van der Waals surface area contributed by atoms with E-state index < -0.39 is 17.6 Å². The topological polar surface area (TPSA) is 57.5 Å². The molecule has 12 unspecified atom stereocenters. The van der Waals surface area contributed by atoms with Gasteiger partial charge in [-0.25, -0.2) is 0 Å². The van der Waals surface area contributed by atoms with E-state index in [1.807, 2.05) is 13.0 Å². The van der Waals surface area contributed by atoms with Crippen molar-refractivity contribution in [2.24, 2.45) is 64.1 Å². The first-order valence-corrected chi connectivity index (χ1v) is 13.3. The summed E-state index contributed by atoms with van der Waals surface area (Å²) in [5.74, 6) is 5.27. The Kier molecular flexibility index (Phi) is 5.38. The molecule has 4 fully saturated rings. The highest BCUT2D eigenvalue weighted by Crippen LogP contribution is 2.68. The van der Waals surface area contributed by atoms with Gasteiger partial charge in [0, 0.05) is 5.92 Å². The van der Waals surface area contributed by atoms with Crippen molar-refractivity contribution in [2.75, 3.05) is 0 Å². The normalized spacial score (nSPS) is 51.5. The number of fused-ring (bicyclic) bond motifs is 5. The van der Waals surface area contributed by atoms with Crippen molar-refractivity contribution in [1.82, 2.24) is 0 Å². The molecule has 5 aliphatic carbocycles. The van der Waals surface area contributed by atoms with Gasteiger partial charge in [-0.1, -0.05) is 46.8 Å². The Balaban J connectivity index is 1.42. The van der Waals surface area contributed by atoms with Crippen molar-refractivity contribution < 1.29 is 15.0 Å². The second kappa shape index (κ2) is 7.54. The highest BCUT2D eigenvalue weighted by Gasteiger charge is 2.66. The Morgan fingerprint density at radius 1 is 1.03 bits per heavy atom. The molecule has 0 amide bonds. The predicted molar refractivity (Wildman–Crippen MR) is 128 cm³/mol. The van der Waals surface area contributed by atoms with Crippen LogP contribution >= 0.6 is 0 Å². The summed E-state index contributed by atoms with van der Waals surface area (Å²) in [6, 6.07) is 0. The van der Waals surface area contributed by atoms with E-state index in [2.05, 4.69) is 34.6 Å². The van der Waals surface area contributed by atoms with Crippen molar-refractivity contribution in [3.05, 3.63) is 23.8 Å². The van der Waals surface area contributed by atoms with Crippen LogP contribution in [0.1, 0.15) is 73.6 Å². The summed E-state index contributed by atoms with van der Waals surface area (Å²) in [6.45, 7) is 14.1. The number of carbonyl (C=O) groups is 1. The molecule has 0 aliphatic heterocycles. The summed E-state index contributed by atoms with van der Waals surface area (Å²) in [5, 5.41) is 22.7. The van der Waals surface area contributed by atoms with Crippen LogP contribution in [0.15, 0.2) is 23.8 Å². The maximum Gasteiger partial charge on any atom is 0.166 e. The minimum absolute atomic E-state index is 0.0674. The molecule has 0 radical (unpaired) electrons. The Hall–Kier alpha value is -0.930. The SMILES string of the molecule is CC(C)C(C)C1CC1C(C)C1CCC2C3CC(O)C4=CC=CC(=O)C4(C)C3C(O)CC12C. The fourth-order valence-electron chi connectivity index (χ4n) is 9.56. The van der Waals surface area contributed by atoms with E-state index in [4.69, 9.17) is 0 Å². The molecule has 0 saturated heterocycles. The molecule has 5 aliphatic rings. The van der Waals surface area contributed by atoms with Crippen molar-refractivity contribution >= 4 is 5.78 Å². The molecule has 178 valence electrons. The number of rotatable bonds is 4. The van der Waals surface area contributed by atoms with Crippen LogP contribution in [0.3, 0.4) is 0 Å². The summed E-state index contributed by atoms with van der Waals surface area (Å²) in [4.78, 5) is 13.1. The van der Waals surface area contributed by atoms with E-state index in [1.165, 1.54) is 19.3 Å². The zero-order valence-corrected chi connectivity index (χ0v) is 20.9. The molecule has 0 aromatic heterocycles. The Bertz CT molecular complexity index is 841. The van der Waals surface area contributed by atoms with Gasteiger partial charge < -0.3 is 10.2 Å². The van der Waals surface area contributed by atoms with Gasteiger partial charge in [0.15, 0.2) is 5.78 Å². The molecule has 2 N–H and O–H groups in total. The molecule has 32 heavy (non-hydrogen) atoms. The van der Waals surface area contributed by atoms with E-state index >= 15 is 0 Å². The largest absolute Gasteiger partial charge is 0.393 e. The molecule has 3 heteroatoms. The summed E-state index contributed by atoms with van der Waals surface area (Å²) in [6.07, 6.45) is 9.62. The summed E-state index contributed by atoms with van der Waals surface area (Å²) in [7, 11) is 0. The summed E-state index contributed by atoms with van der Waals surface area (Å²) in [5.41, 5.74) is 0.190. The minimum atomic E-state index is -0.754. The number of ketones is 1. The van der Waals surface area contributed by atoms with Crippen LogP contribution < -0.4 is 0 Å². The summed E-state index contributed by atoms with van der Waals surface area (Å²) >= 11 is 0. The maximum absolute atomic E-state index is 13.1. The molecule has 12 atom stereocenters. The van der Waals surface area contributed by atoms with Gasteiger partial charge in [-0.15, -0.1) is 0 Å². The molecule has 0 aromatic carbocycles. The fraction of sp³-hybridized carbons (Fsp3) is 0.828. The smallest absolute Gasteiger partial charge is 0.166 e. The molecular formula is C29H44O3. The maximum atomic E-state index is 13.1. The Morgan fingerprint density at radius 3 is 2.44 bits per heavy atom. The molecule has 0 bridgehead atoms.